The molecule has 244 valence electrons. The Morgan fingerprint density at radius 2 is 0.702 bits per heavy atom. The van der Waals surface area contributed by atoms with Crippen LogP contribution >= 0.6 is 0 Å². The first kappa shape index (κ1) is 32.9. The topological polar surface area (TPSA) is 46.2 Å². The quantitative estimate of drug-likeness (QED) is 0.112. The fraction of sp³-hybridized carbons (Fsp3) is 0.333. The van der Waals surface area contributed by atoms with Gasteiger partial charge in [-0.15, -0.1) is 0 Å². The molecule has 0 saturated carbocycles. The minimum atomic E-state index is 0.618. The van der Waals surface area contributed by atoms with Gasteiger partial charge in [-0.25, -0.2) is 0 Å². The molecule has 5 heteroatoms. The molecule has 0 N–H and O–H groups in total. The summed E-state index contributed by atoms with van der Waals surface area (Å²) in [6, 6.07) is 26.4. The Morgan fingerprint density at radius 1 is 0.383 bits per heavy atom. The van der Waals surface area contributed by atoms with E-state index in [2.05, 4.69) is 86.6 Å². The van der Waals surface area contributed by atoms with E-state index < -0.39 is 0 Å². The van der Waals surface area contributed by atoms with Crippen LogP contribution in [0.4, 0.5) is 0 Å². The van der Waals surface area contributed by atoms with Crippen molar-refractivity contribution in [1.82, 2.24) is 0 Å². The second-order valence-electron chi connectivity index (χ2n) is 12.3. The molecule has 0 spiro atoms. The number of methoxy groups -OCH3 is 4. The lowest BCUT2D eigenvalue weighted by Crippen LogP contribution is -2.06. The number of fused-ring (bicyclic) bond motifs is 4. The van der Waals surface area contributed by atoms with Gasteiger partial charge in [-0.2, -0.15) is 0 Å². The number of aryl methyl sites for hydroxylation is 2. The maximum absolute atomic E-state index is 7.38. The van der Waals surface area contributed by atoms with Gasteiger partial charge < -0.3 is 23.7 Å². The van der Waals surface area contributed by atoms with E-state index in [0.29, 0.717) is 26.4 Å². The molecule has 47 heavy (non-hydrogen) atoms. The molecule has 0 aliphatic carbocycles. The van der Waals surface area contributed by atoms with Gasteiger partial charge in [-0.3, -0.25) is 0 Å². The maximum atomic E-state index is 7.38. The molecule has 0 fully saturated rings. The Hall–Kier alpha value is -4.00. The van der Waals surface area contributed by atoms with Crippen LogP contribution in [0, 0.1) is 13.8 Å². The second-order valence-corrected chi connectivity index (χ2v) is 12.3. The van der Waals surface area contributed by atoms with Gasteiger partial charge in [0, 0.05) is 39.2 Å². The third kappa shape index (κ3) is 6.21. The summed E-state index contributed by atoms with van der Waals surface area (Å²) in [6.07, 6.45) is 3.17. The fourth-order valence-electron chi connectivity index (χ4n) is 7.29. The molecule has 0 radical (unpaired) electrons. The number of hydrogen-bond donors (Lipinski definition) is 0. The summed E-state index contributed by atoms with van der Waals surface area (Å²) in [5, 5.41) is 9.71. The average molecular weight is 631 g/mol. The van der Waals surface area contributed by atoms with Gasteiger partial charge in [0.25, 0.3) is 0 Å². The highest BCUT2D eigenvalue weighted by Crippen LogP contribution is 2.46. The zero-order valence-corrected chi connectivity index (χ0v) is 28.6. The predicted molar refractivity (Wildman–Crippen MR) is 195 cm³/mol. The highest BCUT2D eigenvalue weighted by Gasteiger charge is 2.23. The second kappa shape index (κ2) is 14.8. The van der Waals surface area contributed by atoms with Crippen molar-refractivity contribution in [2.45, 2.75) is 39.5 Å². The molecule has 0 aliphatic heterocycles. The van der Waals surface area contributed by atoms with Crippen LogP contribution in [0.25, 0.3) is 43.1 Å². The molecule has 6 aromatic carbocycles. The first-order valence-corrected chi connectivity index (χ1v) is 16.6. The van der Waals surface area contributed by atoms with Gasteiger partial charge in [-0.05, 0) is 105 Å². The normalized spacial score (nSPS) is 11.8. The third-order valence-electron chi connectivity index (χ3n) is 9.55. The average Bonchev–Trinajstić information content (AvgIpc) is 3.09. The van der Waals surface area contributed by atoms with E-state index >= 15 is 0 Å². The molecule has 0 unspecified atom stereocenters. The van der Waals surface area contributed by atoms with Gasteiger partial charge in [0.15, 0.2) is 0 Å². The summed E-state index contributed by atoms with van der Waals surface area (Å²) in [7, 11) is 7.08. The van der Waals surface area contributed by atoms with Gasteiger partial charge >= 0.3 is 0 Å². The van der Waals surface area contributed by atoms with Crippen molar-refractivity contribution in [3.8, 4) is 11.5 Å². The lowest BCUT2D eigenvalue weighted by Gasteiger charge is -2.24. The number of rotatable bonds is 14. The van der Waals surface area contributed by atoms with Crippen LogP contribution in [0.2, 0.25) is 0 Å². The van der Waals surface area contributed by atoms with Crippen molar-refractivity contribution >= 4 is 43.1 Å². The first-order valence-electron chi connectivity index (χ1n) is 16.6. The smallest absolute Gasteiger partial charge is 0.138 e. The van der Waals surface area contributed by atoms with Gasteiger partial charge in [-0.1, -0.05) is 72.8 Å². The Balaban J connectivity index is 1.70. The van der Waals surface area contributed by atoms with Crippen LogP contribution < -0.4 is 4.74 Å². The summed E-state index contributed by atoms with van der Waals surface area (Å²) in [4.78, 5) is 0. The molecule has 6 aromatic rings. The molecule has 0 atom stereocenters. The van der Waals surface area contributed by atoms with Crippen molar-refractivity contribution in [2.75, 3.05) is 54.9 Å². The zero-order valence-electron chi connectivity index (χ0n) is 28.6. The van der Waals surface area contributed by atoms with Crippen molar-refractivity contribution in [3.05, 3.63) is 106 Å². The van der Waals surface area contributed by atoms with Crippen LogP contribution in [0.15, 0.2) is 72.8 Å². The number of hydrogen-bond acceptors (Lipinski definition) is 5. The van der Waals surface area contributed by atoms with Crippen LogP contribution in [0.1, 0.15) is 33.4 Å². The maximum Gasteiger partial charge on any atom is 0.138 e. The Kier molecular flexibility index (Phi) is 10.4. The molecule has 0 aliphatic rings. The third-order valence-corrected chi connectivity index (χ3v) is 9.55. The Morgan fingerprint density at radius 3 is 1.04 bits per heavy atom. The summed E-state index contributed by atoms with van der Waals surface area (Å²) in [5.41, 5.74) is 7.26. The monoisotopic (exact) mass is 630 g/mol. The molecule has 0 bridgehead atoms. The fourth-order valence-corrected chi connectivity index (χ4v) is 7.29. The van der Waals surface area contributed by atoms with Crippen molar-refractivity contribution in [2.24, 2.45) is 0 Å². The molecule has 0 amide bonds. The van der Waals surface area contributed by atoms with E-state index in [0.717, 1.165) is 59.1 Å². The van der Waals surface area contributed by atoms with E-state index in [-0.39, 0.29) is 0 Å². The molecule has 0 aromatic heterocycles. The highest BCUT2D eigenvalue weighted by atomic mass is 16.5. The van der Waals surface area contributed by atoms with Crippen LogP contribution in [-0.2, 0) is 44.6 Å². The van der Waals surface area contributed by atoms with Crippen LogP contribution in [0.3, 0.4) is 0 Å². The van der Waals surface area contributed by atoms with Crippen molar-refractivity contribution < 1.29 is 23.7 Å². The molecular formula is C42H46O5. The van der Waals surface area contributed by atoms with E-state index in [1.165, 1.54) is 54.6 Å². The first-order chi connectivity index (χ1) is 23.0. The largest absolute Gasteiger partial charge is 0.455 e. The van der Waals surface area contributed by atoms with Crippen molar-refractivity contribution in [3.63, 3.8) is 0 Å². The molecular weight excluding hydrogens is 584 g/mol. The highest BCUT2D eigenvalue weighted by molar-refractivity contribution is 6.11. The molecule has 0 heterocycles. The Bertz CT molecular complexity index is 1900. The van der Waals surface area contributed by atoms with Gasteiger partial charge in [0.1, 0.15) is 11.5 Å². The van der Waals surface area contributed by atoms with Crippen molar-refractivity contribution in [1.29, 1.82) is 0 Å². The van der Waals surface area contributed by atoms with E-state index in [9.17, 15) is 0 Å². The zero-order chi connectivity index (χ0) is 32.9. The van der Waals surface area contributed by atoms with Gasteiger partial charge in [0.05, 0.1) is 26.4 Å². The van der Waals surface area contributed by atoms with E-state index in [1.807, 2.05) is 0 Å². The summed E-state index contributed by atoms with van der Waals surface area (Å²) < 4.78 is 29.9. The van der Waals surface area contributed by atoms with E-state index in [4.69, 9.17) is 23.7 Å². The minimum absolute atomic E-state index is 0.618. The number of ether oxygens (including phenoxy) is 5. The lowest BCUT2D eigenvalue weighted by atomic mass is 9.87. The Labute approximate surface area is 278 Å². The summed E-state index contributed by atoms with van der Waals surface area (Å²) >= 11 is 0. The number of benzene rings is 6. The standard InChI is InChI=1S/C42H46O5/c1-27-15-17-35-33(19-23-43-3)29-11-7-9-13-31(29)37(21-25-45-5)39(35)41(27)47-42-28(2)16-18-36-34(20-24-44-4)30-12-8-10-14-32(30)38(40(36)42)22-26-46-6/h7-18H,19-26H2,1-6H3. The SMILES string of the molecule is COCCc1c2ccccc2c(CCOC)c2c(Oc3c(C)ccc4c(CCOC)c5ccccc5c(CCOC)c34)c(C)ccc12. The van der Waals surface area contributed by atoms with Crippen LogP contribution in [-0.4, -0.2) is 54.9 Å². The summed E-state index contributed by atoms with van der Waals surface area (Å²) in [6.45, 7) is 6.84. The minimum Gasteiger partial charge on any atom is -0.455 e. The van der Waals surface area contributed by atoms with Gasteiger partial charge in [0.2, 0.25) is 0 Å². The molecule has 5 nitrogen and oxygen atoms in total. The summed E-state index contributed by atoms with van der Waals surface area (Å²) in [5.74, 6) is 1.80. The molecule has 0 saturated heterocycles. The molecule has 6 rings (SSSR count). The predicted octanol–water partition coefficient (Wildman–Crippen LogP) is 9.46. The lowest BCUT2D eigenvalue weighted by molar-refractivity contribution is 0.202. The van der Waals surface area contributed by atoms with E-state index in [1.54, 1.807) is 28.4 Å². The van der Waals surface area contributed by atoms with Crippen LogP contribution in [0.5, 0.6) is 11.5 Å².